The zero-order valence-electron chi connectivity index (χ0n) is 10.7. The molecule has 0 saturated heterocycles. The van der Waals surface area contributed by atoms with Gasteiger partial charge in [-0.05, 0) is 43.5 Å². The molecule has 3 nitrogen and oxygen atoms in total. The van der Waals surface area contributed by atoms with E-state index < -0.39 is 0 Å². The Morgan fingerprint density at radius 3 is 2.72 bits per heavy atom. The van der Waals surface area contributed by atoms with E-state index in [4.69, 9.17) is 5.73 Å². The molecule has 2 N–H and O–H groups in total. The van der Waals surface area contributed by atoms with Gasteiger partial charge in [0, 0.05) is 16.7 Å². The molecule has 0 spiro atoms. The molecule has 0 aliphatic rings. The molecule has 1 atom stereocenters. The van der Waals surface area contributed by atoms with Crippen molar-refractivity contribution >= 4 is 15.9 Å². The van der Waals surface area contributed by atoms with Crippen LogP contribution in [0.2, 0.25) is 0 Å². The van der Waals surface area contributed by atoms with E-state index in [1.807, 2.05) is 23.9 Å². The third kappa shape index (κ3) is 3.00. The van der Waals surface area contributed by atoms with Crippen LogP contribution < -0.4 is 5.73 Å². The second-order valence-electron chi connectivity index (χ2n) is 4.55. The average molecular weight is 308 g/mol. The molecule has 0 aliphatic carbocycles. The molecular formula is C14H18BrN3. The SMILES string of the molecule is CCC(N)Cc1ccc(-n2ccc(C)n2)cc1Br. The van der Waals surface area contributed by atoms with Crippen molar-refractivity contribution in [3.8, 4) is 5.69 Å². The first-order chi connectivity index (χ1) is 8.60. The van der Waals surface area contributed by atoms with Crippen LogP contribution in [-0.2, 0) is 6.42 Å². The van der Waals surface area contributed by atoms with Gasteiger partial charge in [-0.15, -0.1) is 0 Å². The van der Waals surface area contributed by atoms with E-state index in [-0.39, 0.29) is 6.04 Å². The van der Waals surface area contributed by atoms with Crippen molar-refractivity contribution in [3.63, 3.8) is 0 Å². The quantitative estimate of drug-likeness (QED) is 0.942. The maximum absolute atomic E-state index is 5.99. The van der Waals surface area contributed by atoms with Crippen LogP contribution in [0.1, 0.15) is 24.6 Å². The number of aromatic nitrogens is 2. The van der Waals surface area contributed by atoms with Gasteiger partial charge in [0.25, 0.3) is 0 Å². The highest BCUT2D eigenvalue weighted by Gasteiger charge is 2.07. The fraction of sp³-hybridized carbons (Fsp3) is 0.357. The summed E-state index contributed by atoms with van der Waals surface area (Å²) in [6.45, 7) is 4.10. The number of benzene rings is 1. The molecule has 2 rings (SSSR count). The van der Waals surface area contributed by atoms with Crippen molar-refractivity contribution in [1.29, 1.82) is 0 Å². The summed E-state index contributed by atoms with van der Waals surface area (Å²) >= 11 is 3.61. The van der Waals surface area contributed by atoms with E-state index in [0.29, 0.717) is 0 Å². The Morgan fingerprint density at radius 2 is 2.17 bits per heavy atom. The first kappa shape index (κ1) is 13.3. The van der Waals surface area contributed by atoms with E-state index >= 15 is 0 Å². The Kier molecular flexibility index (Phi) is 4.19. The van der Waals surface area contributed by atoms with Crippen LogP contribution in [0.15, 0.2) is 34.9 Å². The fourth-order valence-electron chi connectivity index (χ4n) is 1.83. The van der Waals surface area contributed by atoms with Gasteiger partial charge in [-0.1, -0.05) is 28.9 Å². The molecule has 0 saturated carbocycles. The zero-order chi connectivity index (χ0) is 13.1. The molecule has 0 amide bonds. The Balaban J connectivity index is 2.24. The Hall–Kier alpha value is -1.13. The minimum absolute atomic E-state index is 0.221. The monoisotopic (exact) mass is 307 g/mol. The first-order valence-corrected chi connectivity index (χ1v) is 6.96. The lowest BCUT2D eigenvalue weighted by atomic mass is 10.0. The summed E-state index contributed by atoms with van der Waals surface area (Å²) in [6.07, 6.45) is 3.86. The molecule has 0 radical (unpaired) electrons. The fourth-order valence-corrected chi connectivity index (χ4v) is 2.36. The van der Waals surface area contributed by atoms with Crippen LogP contribution in [0, 0.1) is 6.92 Å². The average Bonchev–Trinajstić information content (AvgIpc) is 2.78. The molecule has 1 unspecified atom stereocenters. The molecule has 0 bridgehead atoms. The molecule has 96 valence electrons. The molecule has 0 aliphatic heterocycles. The Morgan fingerprint density at radius 1 is 1.39 bits per heavy atom. The van der Waals surface area contributed by atoms with Crippen molar-refractivity contribution in [3.05, 3.63) is 46.2 Å². The summed E-state index contributed by atoms with van der Waals surface area (Å²) in [5.41, 5.74) is 9.31. The topological polar surface area (TPSA) is 43.8 Å². The minimum atomic E-state index is 0.221. The highest BCUT2D eigenvalue weighted by molar-refractivity contribution is 9.10. The summed E-state index contributed by atoms with van der Waals surface area (Å²) in [5.74, 6) is 0. The van der Waals surface area contributed by atoms with Gasteiger partial charge in [0.1, 0.15) is 0 Å². The maximum Gasteiger partial charge on any atom is 0.0657 e. The van der Waals surface area contributed by atoms with Crippen molar-refractivity contribution < 1.29 is 0 Å². The van der Waals surface area contributed by atoms with Gasteiger partial charge in [0.15, 0.2) is 0 Å². The second kappa shape index (κ2) is 5.67. The van der Waals surface area contributed by atoms with Gasteiger partial charge < -0.3 is 5.73 Å². The van der Waals surface area contributed by atoms with Crippen LogP contribution >= 0.6 is 15.9 Å². The normalized spacial score (nSPS) is 12.7. The molecular weight excluding hydrogens is 290 g/mol. The lowest BCUT2D eigenvalue weighted by Gasteiger charge is -2.11. The summed E-state index contributed by atoms with van der Waals surface area (Å²) in [6, 6.07) is 8.50. The Labute approximate surface area is 116 Å². The highest BCUT2D eigenvalue weighted by atomic mass is 79.9. The van der Waals surface area contributed by atoms with Gasteiger partial charge >= 0.3 is 0 Å². The predicted molar refractivity (Wildman–Crippen MR) is 78.0 cm³/mol. The lowest BCUT2D eigenvalue weighted by molar-refractivity contribution is 0.645. The van der Waals surface area contributed by atoms with E-state index in [9.17, 15) is 0 Å². The molecule has 2 aromatic rings. The maximum atomic E-state index is 5.99. The van der Waals surface area contributed by atoms with Crippen molar-refractivity contribution in [2.45, 2.75) is 32.7 Å². The number of hydrogen-bond donors (Lipinski definition) is 1. The van der Waals surface area contributed by atoms with E-state index in [2.05, 4.69) is 46.2 Å². The van der Waals surface area contributed by atoms with Crippen molar-refractivity contribution in [2.24, 2.45) is 5.73 Å². The van der Waals surface area contributed by atoms with Gasteiger partial charge in [-0.3, -0.25) is 0 Å². The third-order valence-corrected chi connectivity index (χ3v) is 3.77. The highest BCUT2D eigenvalue weighted by Crippen LogP contribution is 2.22. The third-order valence-electron chi connectivity index (χ3n) is 3.03. The molecule has 0 fully saturated rings. The number of nitrogens with two attached hydrogens (primary N) is 1. The predicted octanol–water partition coefficient (Wildman–Crippen LogP) is 3.22. The number of aryl methyl sites for hydroxylation is 1. The molecule has 18 heavy (non-hydrogen) atoms. The standard InChI is InChI=1S/C14H18BrN3/c1-3-12(16)8-11-4-5-13(9-14(11)15)18-7-6-10(2)17-18/h4-7,9,12H,3,8,16H2,1-2H3. The van der Waals surface area contributed by atoms with Crippen LogP contribution in [0.25, 0.3) is 5.69 Å². The van der Waals surface area contributed by atoms with Gasteiger partial charge in [0.05, 0.1) is 11.4 Å². The number of nitrogens with zero attached hydrogens (tertiary/aromatic N) is 2. The van der Waals surface area contributed by atoms with Crippen LogP contribution in [0.5, 0.6) is 0 Å². The number of rotatable bonds is 4. The number of hydrogen-bond acceptors (Lipinski definition) is 2. The second-order valence-corrected chi connectivity index (χ2v) is 5.40. The summed E-state index contributed by atoms with van der Waals surface area (Å²) in [7, 11) is 0. The molecule has 1 aromatic carbocycles. The lowest BCUT2D eigenvalue weighted by Crippen LogP contribution is -2.21. The van der Waals surface area contributed by atoms with E-state index in [1.54, 1.807) is 0 Å². The Bertz CT molecular complexity index is 534. The first-order valence-electron chi connectivity index (χ1n) is 6.16. The van der Waals surface area contributed by atoms with Gasteiger partial charge in [0.2, 0.25) is 0 Å². The minimum Gasteiger partial charge on any atom is -0.327 e. The van der Waals surface area contributed by atoms with Crippen LogP contribution in [0.3, 0.4) is 0 Å². The van der Waals surface area contributed by atoms with Crippen molar-refractivity contribution in [2.75, 3.05) is 0 Å². The molecule has 1 heterocycles. The molecule has 4 heteroatoms. The molecule has 1 aromatic heterocycles. The summed E-state index contributed by atoms with van der Waals surface area (Å²) in [4.78, 5) is 0. The zero-order valence-corrected chi connectivity index (χ0v) is 12.3. The van der Waals surface area contributed by atoms with Crippen LogP contribution in [-0.4, -0.2) is 15.8 Å². The van der Waals surface area contributed by atoms with Gasteiger partial charge in [-0.25, -0.2) is 4.68 Å². The number of halogens is 1. The van der Waals surface area contributed by atoms with Gasteiger partial charge in [-0.2, -0.15) is 5.10 Å². The summed E-state index contributed by atoms with van der Waals surface area (Å²) < 4.78 is 2.97. The largest absolute Gasteiger partial charge is 0.327 e. The smallest absolute Gasteiger partial charge is 0.0657 e. The summed E-state index contributed by atoms with van der Waals surface area (Å²) in [5, 5.41) is 4.40. The van der Waals surface area contributed by atoms with E-state index in [1.165, 1.54) is 5.56 Å². The van der Waals surface area contributed by atoms with E-state index in [0.717, 1.165) is 28.7 Å². The van der Waals surface area contributed by atoms with Crippen LogP contribution in [0.4, 0.5) is 0 Å². The van der Waals surface area contributed by atoms with Crippen molar-refractivity contribution in [1.82, 2.24) is 9.78 Å².